The summed E-state index contributed by atoms with van der Waals surface area (Å²) in [5, 5.41) is 1.36. The molecule has 2 heterocycles. The summed E-state index contributed by atoms with van der Waals surface area (Å²) in [6, 6.07) is 19.2. The van der Waals surface area contributed by atoms with Crippen molar-refractivity contribution >= 4 is 10.9 Å². The van der Waals surface area contributed by atoms with E-state index in [4.69, 9.17) is 4.74 Å². The molecule has 1 aromatic heterocycles. The van der Waals surface area contributed by atoms with Crippen LogP contribution in [0.5, 0.6) is 0 Å². The second-order valence-electron chi connectivity index (χ2n) is 5.31. The zero-order chi connectivity index (χ0) is 13.5. The van der Waals surface area contributed by atoms with Crippen molar-refractivity contribution in [2.45, 2.75) is 19.4 Å². The molecule has 1 aliphatic rings. The molecule has 0 fully saturated rings. The molecule has 20 heavy (non-hydrogen) atoms. The van der Waals surface area contributed by atoms with Crippen molar-refractivity contribution in [2.75, 3.05) is 6.61 Å². The Morgan fingerprint density at radius 3 is 2.60 bits per heavy atom. The lowest BCUT2D eigenvalue weighted by molar-refractivity contribution is 0.0518. The summed E-state index contributed by atoms with van der Waals surface area (Å²) >= 11 is 0. The van der Waals surface area contributed by atoms with Gasteiger partial charge in [-0.2, -0.15) is 0 Å². The van der Waals surface area contributed by atoms with E-state index in [0.29, 0.717) is 0 Å². The Morgan fingerprint density at radius 1 is 1.00 bits per heavy atom. The highest BCUT2D eigenvalue weighted by molar-refractivity contribution is 5.87. The third-order valence-electron chi connectivity index (χ3n) is 4.14. The Hall–Kier alpha value is -2.06. The van der Waals surface area contributed by atoms with Gasteiger partial charge in [-0.15, -0.1) is 0 Å². The van der Waals surface area contributed by atoms with E-state index in [1.54, 1.807) is 0 Å². The molecule has 3 aromatic rings. The highest BCUT2D eigenvalue weighted by Gasteiger charge is 2.25. The van der Waals surface area contributed by atoms with Crippen LogP contribution in [0.1, 0.15) is 24.3 Å². The van der Waals surface area contributed by atoms with Gasteiger partial charge in [-0.3, -0.25) is 0 Å². The molecule has 0 bridgehead atoms. The summed E-state index contributed by atoms with van der Waals surface area (Å²) in [4.78, 5) is 0. The predicted molar refractivity (Wildman–Crippen MR) is 81.3 cm³/mol. The highest BCUT2D eigenvalue weighted by atomic mass is 16.5. The van der Waals surface area contributed by atoms with E-state index in [0.717, 1.165) is 13.0 Å². The summed E-state index contributed by atoms with van der Waals surface area (Å²) in [6.07, 6.45) is 1.14. The second kappa shape index (κ2) is 4.50. The molecule has 100 valence electrons. The molecule has 2 aromatic carbocycles. The van der Waals surface area contributed by atoms with Gasteiger partial charge in [0.25, 0.3) is 0 Å². The Balaban J connectivity index is 2.11. The second-order valence-corrected chi connectivity index (χ2v) is 5.31. The molecule has 0 amide bonds. The minimum Gasteiger partial charge on any atom is -0.372 e. The lowest BCUT2D eigenvalue weighted by atomic mass is 10.0. The van der Waals surface area contributed by atoms with Gasteiger partial charge in [-0.1, -0.05) is 36.4 Å². The fourth-order valence-electron chi connectivity index (χ4n) is 3.29. The van der Waals surface area contributed by atoms with Gasteiger partial charge in [0.15, 0.2) is 0 Å². The average Bonchev–Trinajstić information content (AvgIpc) is 2.84. The first kappa shape index (κ1) is 11.7. The monoisotopic (exact) mass is 263 g/mol. The lowest BCUT2D eigenvalue weighted by Gasteiger charge is -2.23. The first-order chi connectivity index (χ1) is 9.86. The smallest absolute Gasteiger partial charge is 0.0953 e. The molecular formula is C18H17NO. The number of fused-ring (bicyclic) bond motifs is 3. The summed E-state index contributed by atoms with van der Waals surface area (Å²) in [5.41, 5.74) is 5.25. The van der Waals surface area contributed by atoms with Gasteiger partial charge in [-0.05, 0) is 37.1 Å². The molecule has 0 saturated heterocycles. The van der Waals surface area contributed by atoms with Crippen LogP contribution in [0.2, 0.25) is 0 Å². The average molecular weight is 263 g/mol. The van der Waals surface area contributed by atoms with Crippen molar-refractivity contribution in [1.29, 1.82) is 0 Å². The Bertz CT molecular complexity index is 758. The van der Waals surface area contributed by atoms with Gasteiger partial charge < -0.3 is 9.30 Å². The summed E-state index contributed by atoms with van der Waals surface area (Å²) in [5.74, 6) is 0. The van der Waals surface area contributed by atoms with Crippen molar-refractivity contribution < 1.29 is 4.74 Å². The van der Waals surface area contributed by atoms with Gasteiger partial charge in [0.2, 0.25) is 0 Å². The molecule has 2 heteroatoms. The van der Waals surface area contributed by atoms with E-state index in [2.05, 4.69) is 66.1 Å². The number of nitrogens with zero attached hydrogens (tertiary/aromatic N) is 1. The largest absolute Gasteiger partial charge is 0.372 e. The van der Waals surface area contributed by atoms with Gasteiger partial charge in [0, 0.05) is 11.1 Å². The maximum Gasteiger partial charge on any atom is 0.0953 e. The fraction of sp³-hybridized carbons (Fsp3) is 0.222. The maximum absolute atomic E-state index is 5.88. The Labute approximate surface area is 118 Å². The van der Waals surface area contributed by atoms with Crippen LogP contribution in [0.3, 0.4) is 0 Å². The van der Waals surface area contributed by atoms with Crippen molar-refractivity contribution in [1.82, 2.24) is 4.57 Å². The highest BCUT2D eigenvalue weighted by Crippen LogP contribution is 2.37. The first-order valence-corrected chi connectivity index (χ1v) is 7.15. The van der Waals surface area contributed by atoms with Crippen molar-refractivity contribution in [3.05, 3.63) is 65.9 Å². The van der Waals surface area contributed by atoms with E-state index in [-0.39, 0.29) is 6.10 Å². The molecule has 0 aliphatic carbocycles. The summed E-state index contributed by atoms with van der Waals surface area (Å²) < 4.78 is 8.23. The van der Waals surface area contributed by atoms with Crippen LogP contribution in [-0.2, 0) is 11.2 Å². The molecule has 4 rings (SSSR count). The van der Waals surface area contributed by atoms with E-state index in [1.807, 2.05) is 0 Å². The molecule has 0 N–H and O–H groups in total. The van der Waals surface area contributed by atoms with Gasteiger partial charge >= 0.3 is 0 Å². The number of hydrogen-bond donors (Lipinski definition) is 0. The number of para-hydroxylation sites is 2. The minimum atomic E-state index is 0.145. The van der Waals surface area contributed by atoms with Gasteiger partial charge in [-0.25, -0.2) is 0 Å². The van der Waals surface area contributed by atoms with E-state index in [1.165, 1.54) is 27.8 Å². The van der Waals surface area contributed by atoms with Crippen LogP contribution < -0.4 is 0 Å². The summed E-state index contributed by atoms with van der Waals surface area (Å²) in [6.45, 7) is 2.97. The normalized spacial score (nSPS) is 18.1. The van der Waals surface area contributed by atoms with Crippen molar-refractivity contribution in [3.8, 4) is 5.69 Å². The molecule has 0 radical (unpaired) electrons. The minimum absolute atomic E-state index is 0.145. The molecule has 0 saturated carbocycles. The third-order valence-corrected chi connectivity index (χ3v) is 4.14. The summed E-state index contributed by atoms with van der Waals surface area (Å²) in [7, 11) is 0. The first-order valence-electron chi connectivity index (χ1n) is 7.15. The van der Waals surface area contributed by atoms with Crippen LogP contribution in [-0.4, -0.2) is 11.2 Å². The van der Waals surface area contributed by atoms with Gasteiger partial charge in [0.05, 0.1) is 23.9 Å². The van der Waals surface area contributed by atoms with Crippen LogP contribution in [0, 0.1) is 0 Å². The maximum atomic E-state index is 5.88. The van der Waals surface area contributed by atoms with Crippen LogP contribution in [0.25, 0.3) is 16.6 Å². The lowest BCUT2D eigenvalue weighted by Crippen LogP contribution is -2.16. The standard InChI is InChI=1S/C18H17NO/c1-13-18-16(11-12-20-13)15-9-5-6-10-17(15)19(18)14-7-3-2-4-8-14/h2-10,13H,11-12H2,1H3. The van der Waals surface area contributed by atoms with Crippen LogP contribution in [0.15, 0.2) is 54.6 Å². The molecule has 1 atom stereocenters. The topological polar surface area (TPSA) is 14.2 Å². The molecular weight excluding hydrogens is 246 g/mol. The van der Waals surface area contributed by atoms with E-state index < -0.39 is 0 Å². The quantitative estimate of drug-likeness (QED) is 0.639. The fourth-order valence-corrected chi connectivity index (χ4v) is 3.29. The van der Waals surface area contributed by atoms with E-state index in [9.17, 15) is 0 Å². The molecule has 1 unspecified atom stereocenters. The third kappa shape index (κ3) is 1.61. The van der Waals surface area contributed by atoms with Crippen LogP contribution >= 0.6 is 0 Å². The molecule has 1 aliphatic heterocycles. The van der Waals surface area contributed by atoms with Crippen LogP contribution in [0.4, 0.5) is 0 Å². The van der Waals surface area contributed by atoms with Gasteiger partial charge in [0.1, 0.15) is 0 Å². The van der Waals surface area contributed by atoms with Crippen molar-refractivity contribution in [2.24, 2.45) is 0 Å². The number of rotatable bonds is 1. The Kier molecular flexibility index (Phi) is 2.64. The zero-order valence-electron chi connectivity index (χ0n) is 11.5. The SMILES string of the molecule is CC1OCCc2c1n(-c1ccccc1)c1ccccc21. The predicted octanol–water partition coefficient (Wildman–Crippen LogP) is 4.26. The Morgan fingerprint density at radius 2 is 1.75 bits per heavy atom. The molecule has 0 spiro atoms. The number of ether oxygens (including phenoxy) is 1. The van der Waals surface area contributed by atoms with Crippen molar-refractivity contribution in [3.63, 3.8) is 0 Å². The number of hydrogen-bond acceptors (Lipinski definition) is 1. The molecule has 2 nitrogen and oxygen atoms in total. The number of aromatic nitrogens is 1. The van der Waals surface area contributed by atoms with E-state index >= 15 is 0 Å². The zero-order valence-corrected chi connectivity index (χ0v) is 11.5. The number of benzene rings is 2.